The molecule has 0 saturated carbocycles. The van der Waals surface area contributed by atoms with Crippen LogP contribution in [0.3, 0.4) is 0 Å². The fourth-order valence-corrected chi connectivity index (χ4v) is 2.43. The first kappa shape index (κ1) is 17.3. The van der Waals surface area contributed by atoms with E-state index in [1.807, 2.05) is 0 Å². The molecule has 0 spiro atoms. The van der Waals surface area contributed by atoms with Crippen molar-refractivity contribution in [3.05, 3.63) is 71.8 Å². The van der Waals surface area contributed by atoms with Gasteiger partial charge in [-0.05, 0) is 49.4 Å². The highest BCUT2D eigenvalue weighted by atomic mass is 16.5. The molecular weight excluding hydrogens is 334 g/mol. The van der Waals surface area contributed by atoms with Gasteiger partial charge in [0.25, 0.3) is 0 Å². The summed E-state index contributed by atoms with van der Waals surface area (Å²) in [7, 11) is 1.52. The van der Waals surface area contributed by atoms with Crippen LogP contribution in [-0.4, -0.2) is 33.6 Å². The lowest BCUT2D eigenvalue weighted by molar-refractivity contribution is 0.0470. The van der Waals surface area contributed by atoms with Crippen LogP contribution < -0.4 is 4.74 Å². The lowest BCUT2D eigenvalue weighted by Crippen LogP contribution is -2.07. The lowest BCUT2D eigenvalue weighted by Gasteiger charge is -2.11. The number of hydrogen-bond donors (Lipinski definition) is 0. The number of aromatic nitrogens is 3. The van der Waals surface area contributed by atoms with Crippen molar-refractivity contribution in [2.75, 3.05) is 7.11 Å². The van der Waals surface area contributed by atoms with Crippen molar-refractivity contribution in [3.63, 3.8) is 0 Å². The normalized spacial score (nSPS) is 10.4. The van der Waals surface area contributed by atoms with Gasteiger partial charge in [0, 0.05) is 11.1 Å². The van der Waals surface area contributed by atoms with Gasteiger partial charge in [0.05, 0.1) is 18.4 Å². The van der Waals surface area contributed by atoms with Crippen molar-refractivity contribution in [1.29, 1.82) is 0 Å². The quantitative estimate of drug-likeness (QED) is 0.502. The molecule has 0 bridgehead atoms. The summed E-state index contributed by atoms with van der Waals surface area (Å²) in [6, 6.07) is 11.8. The van der Waals surface area contributed by atoms with Gasteiger partial charge in [0.2, 0.25) is 0 Å². The van der Waals surface area contributed by atoms with Crippen LogP contribution in [-0.2, 0) is 11.3 Å². The number of benzene rings is 2. The Kier molecular flexibility index (Phi) is 5.07. The van der Waals surface area contributed by atoms with Gasteiger partial charge in [-0.3, -0.25) is 4.79 Å². The largest absolute Gasteiger partial charge is 0.496 e. The Morgan fingerprint density at radius 1 is 1.08 bits per heavy atom. The van der Waals surface area contributed by atoms with Crippen molar-refractivity contribution in [3.8, 4) is 11.4 Å². The van der Waals surface area contributed by atoms with Gasteiger partial charge in [0.1, 0.15) is 25.0 Å². The average molecular weight is 351 g/mol. The maximum Gasteiger partial charge on any atom is 0.338 e. The Bertz CT molecular complexity index is 918. The van der Waals surface area contributed by atoms with Crippen molar-refractivity contribution in [1.82, 2.24) is 14.8 Å². The number of esters is 1. The zero-order valence-corrected chi connectivity index (χ0v) is 14.4. The van der Waals surface area contributed by atoms with E-state index < -0.39 is 5.97 Å². The number of ketones is 1. The molecule has 0 saturated heterocycles. The van der Waals surface area contributed by atoms with Crippen molar-refractivity contribution >= 4 is 11.8 Å². The standard InChI is InChI=1S/C19H17N3O4/c1-13(23)15-5-8-18(25-2)16(9-15)10-26-19(24)14-3-6-17(7-4-14)22-12-20-11-21-22/h3-9,11-12H,10H2,1-2H3. The van der Waals surface area contributed by atoms with E-state index in [0.717, 1.165) is 5.69 Å². The van der Waals surface area contributed by atoms with Gasteiger partial charge in [-0.15, -0.1) is 0 Å². The molecular formula is C19H17N3O4. The SMILES string of the molecule is COc1ccc(C(C)=O)cc1COC(=O)c1ccc(-n2cncn2)cc1. The molecule has 0 aliphatic carbocycles. The molecule has 0 atom stereocenters. The van der Waals surface area contributed by atoms with Crippen molar-refractivity contribution in [2.24, 2.45) is 0 Å². The van der Waals surface area contributed by atoms with Crippen LogP contribution in [0.15, 0.2) is 55.1 Å². The summed E-state index contributed by atoms with van der Waals surface area (Å²) < 4.78 is 12.2. The molecule has 0 N–H and O–H groups in total. The molecule has 132 valence electrons. The first-order chi connectivity index (χ1) is 12.6. The summed E-state index contributed by atoms with van der Waals surface area (Å²) in [6.45, 7) is 1.49. The molecule has 0 radical (unpaired) electrons. The fourth-order valence-electron chi connectivity index (χ4n) is 2.43. The van der Waals surface area contributed by atoms with Gasteiger partial charge < -0.3 is 9.47 Å². The van der Waals surface area contributed by atoms with Crippen LogP contribution in [0.5, 0.6) is 5.75 Å². The van der Waals surface area contributed by atoms with Crippen molar-refractivity contribution < 1.29 is 19.1 Å². The van der Waals surface area contributed by atoms with E-state index in [1.54, 1.807) is 53.5 Å². The Hall–Kier alpha value is -3.48. The smallest absolute Gasteiger partial charge is 0.338 e. The van der Waals surface area contributed by atoms with E-state index in [2.05, 4.69) is 10.1 Å². The summed E-state index contributed by atoms with van der Waals surface area (Å²) in [5.41, 5.74) is 2.37. The van der Waals surface area contributed by atoms with E-state index in [4.69, 9.17) is 9.47 Å². The average Bonchev–Trinajstić information content (AvgIpc) is 3.20. The van der Waals surface area contributed by atoms with E-state index in [-0.39, 0.29) is 12.4 Å². The highest BCUT2D eigenvalue weighted by Crippen LogP contribution is 2.22. The first-order valence-corrected chi connectivity index (χ1v) is 7.88. The summed E-state index contributed by atoms with van der Waals surface area (Å²) in [4.78, 5) is 27.7. The summed E-state index contributed by atoms with van der Waals surface area (Å²) in [5, 5.41) is 4.03. The third-order valence-electron chi connectivity index (χ3n) is 3.83. The Morgan fingerprint density at radius 3 is 2.42 bits per heavy atom. The fraction of sp³-hybridized carbons (Fsp3) is 0.158. The molecule has 0 amide bonds. The molecule has 26 heavy (non-hydrogen) atoms. The molecule has 7 heteroatoms. The maximum absolute atomic E-state index is 12.3. The van der Waals surface area contributed by atoms with Crippen LogP contribution >= 0.6 is 0 Å². The molecule has 2 aromatic carbocycles. The Balaban J connectivity index is 1.71. The van der Waals surface area contributed by atoms with E-state index in [0.29, 0.717) is 22.4 Å². The summed E-state index contributed by atoms with van der Waals surface area (Å²) in [5.74, 6) is 0.0266. The predicted molar refractivity (Wildman–Crippen MR) is 93.5 cm³/mol. The second kappa shape index (κ2) is 7.60. The number of Topliss-reactive ketones (excluding diaryl/α,β-unsaturated/α-hetero) is 1. The van der Waals surface area contributed by atoms with Crippen LogP contribution in [0.1, 0.15) is 33.2 Å². The van der Waals surface area contributed by atoms with Crippen LogP contribution in [0.25, 0.3) is 5.69 Å². The van der Waals surface area contributed by atoms with Gasteiger partial charge in [-0.25, -0.2) is 14.5 Å². The molecule has 0 aliphatic heterocycles. The number of carbonyl (C=O) groups is 2. The summed E-state index contributed by atoms with van der Waals surface area (Å²) >= 11 is 0. The molecule has 3 aromatic rings. The number of methoxy groups -OCH3 is 1. The van der Waals surface area contributed by atoms with E-state index in [9.17, 15) is 9.59 Å². The minimum Gasteiger partial charge on any atom is -0.496 e. The third-order valence-corrected chi connectivity index (χ3v) is 3.83. The maximum atomic E-state index is 12.3. The number of carbonyl (C=O) groups excluding carboxylic acids is 2. The minimum absolute atomic E-state index is 0.00789. The van der Waals surface area contributed by atoms with Crippen LogP contribution in [0.4, 0.5) is 0 Å². The Morgan fingerprint density at radius 2 is 1.81 bits per heavy atom. The van der Waals surface area contributed by atoms with Crippen molar-refractivity contribution in [2.45, 2.75) is 13.5 Å². The Labute approximate surface area is 150 Å². The van der Waals surface area contributed by atoms with Gasteiger partial charge in [0.15, 0.2) is 5.78 Å². The molecule has 1 heterocycles. The highest BCUT2D eigenvalue weighted by Gasteiger charge is 2.12. The second-order valence-corrected chi connectivity index (χ2v) is 5.55. The minimum atomic E-state index is -0.467. The monoisotopic (exact) mass is 351 g/mol. The van der Waals surface area contributed by atoms with Gasteiger partial charge in [-0.1, -0.05) is 0 Å². The molecule has 0 fully saturated rings. The molecule has 1 aromatic heterocycles. The zero-order valence-electron chi connectivity index (χ0n) is 14.4. The van der Waals surface area contributed by atoms with Crippen LogP contribution in [0, 0.1) is 0 Å². The van der Waals surface area contributed by atoms with Gasteiger partial charge >= 0.3 is 5.97 Å². The number of ether oxygens (including phenoxy) is 2. The molecule has 7 nitrogen and oxygen atoms in total. The predicted octanol–water partition coefficient (Wildman–Crippen LogP) is 2.84. The van der Waals surface area contributed by atoms with Crippen LogP contribution in [0.2, 0.25) is 0 Å². The van der Waals surface area contributed by atoms with E-state index >= 15 is 0 Å². The van der Waals surface area contributed by atoms with E-state index in [1.165, 1.54) is 20.4 Å². The second-order valence-electron chi connectivity index (χ2n) is 5.55. The molecule has 3 rings (SSSR count). The number of hydrogen-bond acceptors (Lipinski definition) is 6. The number of nitrogens with zero attached hydrogens (tertiary/aromatic N) is 3. The molecule has 0 aliphatic rings. The van der Waals surface area contributed by atoms with Gasteiger partial charge in [-0.2, -0.15) is 5.10 Å². The first-order valence-electron chi connectivity index (χ1n) is 7.88. The topological polar surface area (TPSA) is 83.3 Å². The zero-order chi connectivity index (χ0) is 18.5. The molecule has 0 unspecified atom stereocenters. The summed E-state index contributed by atoms with van der Waals surface area (Å²) in [6.07, 6.45) is 3.01. The lowest BCUT2D eigenvalue weighted by atomic mass is 10.1. The third kappa shape index (κ3) is 3.77. The number of rotatable bonds is 6. The highest BCUT2D eigenvalue weighted by molar-refractivity contribution is 5.94.